The lowest BCUT2D eigenvalue weighted by molar-refractivity contribution is 0.175. The molecule has 0 atom stereocenters. The van der Waals surface area contributed by atoms with E-state index in [4.69, 9.17) is 15.2 Å². The number of nitrogen functional groups attached to an aromatic ring is 1. The quantitative estimate of drug-likeness (QED) is 0.316. The molecule has 0 spiro atoms. The molecule has 1 aliphatic rings. The van der Waals surface area contributed by atoms with Gasteiger partial charge < -0.3 is 10.3 Å². The fourth-order valence-electron chi connectivity index (χ4n) is 5.45. The van der Waals surface area contributed by atoms with Crippen molar-refractivity contribution < 1.29 is 4.52 Å². The van der Waals surface area contributed by atoms with Crippen molar-refractivity contribution in [3.8, 4) is 33.8 Å². The van der Waals surface area contributed by atoms with Gasteiger partial charge in [-0.05, 0) is 30.0 Å². The van der Waals surface area contributed by atoms with Crippen LogP contribution in [0.15, 0.2) is 90.3 Å². The fourth-order valence-corrected chi connectivity index (χ4v) is 5.45. The Kier molecular flexibility index (Phi) is 6.21. The molecule has 10 nitrogen and oxygen atoms in total. The lowest BCUT2D eigenvalue weighted by atomic mass is 9.97. The Hall–Kier alpha value is -4.96. The molecule has 0 radical (unpaired) electrons. The lowest BCUT2D eigenvalue weighted by Crippen LogP contribution is -2.34. The van der Waals surface area contributed by atoms with E-state index >= 15 is 0 Å². The van der Waals surface area contributed by atoms with Crippen LogP contribution in [0.3, 0.4) is 0 Å². The fraction of sp³-hybridized carbons (Fsp3) is 0.200. The van der Waals surface area contributed by atoms with Gasteiger partial charge in [0.1, 0.15) is 12.1 Å². The van der Waals surface area contributed by atoms with Crippen molar-refractivity contribution in [2.24, 2.45) is 0 Å². The number of likely N-dealkylation sites (tertiary alicyclic amines) is 1. The van der Waals surface area contributed by atoms with Gasteiger partial charge in [0, 0.05) is 42.5 Å². The molecule has 198 valence electrons. The predicted molar refractivity (Wildman–Crippen MR) is 152 cm³/mol. The molecule has 1 aliphatic heterocycles. The van der Waals surface area contributed by atoms with Crippen molar-refractivity contribution in [3.63, 3.8) is 0 Å². The van der Waals surface area contributed by atoms with Crippen LogP contribution in [0.25, 0.3) is 44.8 Å². The Morgan fingerprint density at radius 1 is 0.850 bits per heavy atom. The first-order chi connectivity index (χ1) is 19.7. The summed E-state index contributed by atoms with van der Waals surface area (Å²) in [5, 5.41) is 9.37. The second-order valence-corrected chi connectivity index (χ2v) is 10.0. The zero-order chi connectivity index (χ0) is 26.9. The van der Waals surface area contributed by atoms with E-state index < -0.39 is 0 Å². The minimum absolute atomic E-state index is 0.309. The average molecular weight is 530 g/mol. The summed E-state index contributed by atoms with van der Waals surface area (Å²) < 4.78 is 6.96. The second-order valence-electron chi connectivity index (χ2n) is 10.0. The van der Waals surface area contributed by atoms with Crippen LogP contribution in [0.4, 0.5) is 5.82 Å². The monoisotopic (exact) mass is 529 g/mol. The molecule has 2 N–H and O–H groups in total. The molecule has 0 amide bonds. The molecule has 5 heterocycles. The zero-order valence-electron chi connectivity index (χ0n) is 21.8. The number of hydrogen-bond acceptors (Lipinski definition) is 9. The minimum atomic E-state index is 0.309. The van der Waals surface area contributed by atoms with Gasteiger partial charge in [0.05, 0.1) is 23.3 Å². The molecule has 0 saturated carbocycles. The molecule has 10 heteroatoms. The van der Waals surface area contributed by atoms with Gasteiger partial charge >= 0.3 is 0 Å². The molecule has 1 saturated heterocycles. The van der Waals surface area contributed by atoms with Crippen molar-refractivity contribution in [3.05, 3.63) is 91.3 Å². The van der Waals surface area contributed by atoms with Crippen LogP contribution in [0.2, 0.25) is 0 Å². The molecular formula is C30H27N9O. The first kappa shape index (κ1) is 24.1. The highest BCUT2D eigenvalue weighted by Crippen LogP contribution is 2.34. The Morgan fingerprint density at radius 3 is 2.45 bits per heavy atom. The number of anilines is 1. The van der Waals surface area contributed by atoms with Gasteiger partial charge in [-0.2, -0.15) is 10.1 Å². The van der Waals surface area contributed by atoms with Crippen LogP contribution in [0.1, 0.15) is 24.4 Å². The summed E-state index contributed by atoms with van der Waals surface area (Å²) in [5.41, 5.74) is 13.0. The highest BCUT2D eigenvalue weighted by atomic mass is 16.5. The van der Waals surface area contributed by atoms with E-state index in [1.165, 1.54) is 18.3 Å². The van der Waals surface area contributed by atoms with Crippen molar-refractivity contribution >= 4 is 16.9 Å². The van der Waals surface area contributed by atoms with E-state index in [2.05, 4.69) is 72.6 Å². The molecule has 40 heavy (non-hydrogen) atoms. The first-order valence-electron chi connectivity index (χ1n) is 13.3. The normalized spacial score (nSPS) is 14.6. The topological polar surface area (TPSA) is 125 Å². The number of hydrogen-bond donors (Lipinski definition) is 1. The van der Waals surface area contributed by atoms with E-state index in [9.17, 15) is 0 Å². The zero-order valence-corrected chi connectivity index (χ0v) is 21.8. The number of nitrogens with zero attached hydrogens (tertiary/aromatic N) is 8. The van der Waals surface area contributed by atoms with Gasteiger partial charge in [0.15, 0.2) is 5.65 Å². The van der Waals surface area contributed by atoms with Gasteiger partial charge in [0.25, 0.3) is 0 Å². The second kappa shape index (κ2) is 10.3. The van der Waals surface area contributed by atoms with Gasteiger partial charge in [0.2, 0.25) is 12.2 Å². The SMILES string of the molecule is Nc1ncnc2c1cnn2C1CCN(Cc2ccc(-c3ncc(-c4ncon4)cc3-c3ccccc3)cc2)CC1. The van der Waals surface area contributed by atoms with Crippen LogP contribution in [0.5, 0.6) is 0 Å². The Labute approximate surface area is 230 Å². The smallest absolute Gasteiger partial charge is 0.214 e. The van der Waals surface area contributed by atoms with Crippen molar-refractivity contribution in [2.75, 3.05) is 18.8 Å². The molecule has 0 bridgehead atoms. The number of benzene rings is 2. The Morgan fingerprint density at radius 2 is 1.68 bits per heavy atom. The highest BCUT2D eigenvalue weighted by Gasteiger charge is 2.23. The van der Waals surface area contributed by atoms with E-state index in [1.54, 1.807) is 12.4 Å². The minimum Gasteiger partial charge on any atom is -0.383 e. The van der Waals surface area contributed by atoms with Crippen LogP contribution in [0, 0.1) is 0 Å². The predicted octanol–water partition coefficient (Wildman–Crippen LogP) is 5.02. The molecule has 1 fully saturated rings. The molecule has 7 rings (SSSR count). The summed E-state index contributed by atoms with van der Waals surface area (Å²) in [5.74, 6) is 1.000. The van der Waals surface area contributed by atoms with E-state index in [0.29, 0.717) is 17.7 Å². The molecule has 2 aromatic carbocycles. The van der Waals surface area contributed by atoms with E-state index in [-0.39, 0.29) is 0 Å². The van der Waals surface area contributed by atoms with Gasteiger partial charge in [-0.25, -0.2) is 14.6 Å². The van der Waals surface area contributed by atoms with Crippen molar-refractivity contribution in [1.29, 1.82) is 0 Å². The summed E-state index contributed by atoms with van der Waals surface area (Å²) in [6.45, 7) is 2.88. The van der Waals surface area contributed by atoms with E-state index in [0.717, 1.165) is 71.5 Å². The first-order valence-corrected chi connectivity index (χ1v) is 13.3. The van der Waals surface area contributed by atoms with E-state index in [1.807, 2.05) is 22.9 Å². The third-order valence-corrected chi connectivity index (χ3v) is 7.55. The third kappa shape index (κ3) is 4.58. The highest BCUT2D eigenvalue weighted by molar-refractivity contribution is 5.85. The third-order valence-electron chi connectivity index (χ3n) is 7.55. The largest absolute Gasteiger partial charge is 0.383 e. The maximum atomic E-state index is 5.99. The Balaban J connectivity index is 1.07. The average Bonchev–Trinajstić information content (AvgIpc) is 3.70. The van der Waals surface area contributed by atoms with Crippen molar-refractivity contribution in [1.82, 2.24) is 39.8 Å². The lowest BCUT2D eigenvalue weighted by Gasteiger charge is -2.32. The van der Waals surface area contributed by atoms with Crippen LogP contribution in [-0.2, 0) is 6.54 Å². The summed E-state index contributed by atoms with van der Waals surface area (Å²) in [6.07, 6.45) is 8.43. The Bertz CT molecular complexity index is 1740. The number of fused-ring (bicyclic) bond motifs is 1. The standard InChI is InChI=1S/C30H27N9O/c31-28-26-16-36-39(30(26)34-18-33-28)24-10-12-38(13-11-24)17-20-6-8-22(9-7-20)27-25(21-4-2-1-3-5-21)14-23(15-32-27)29-35-19-40-37-29/h1-9,14-16,18-19,24H,10-13,17H2,(H2,31,33,34). The summed E-state index contributed by atoms with van der Waals surface area (Å²) in [7, 11) is 0. The number of aromatic nitrogens is 7. The van der Waals surface area contributed by atoms with Gasteiger partial charge in [-0.3, -0.25) is 9.88 Å². The molecule has 0 unspecified atom stereocenters. The van der Waals surface area contributed by atoms with Gasteiger partial charge in [-0.1, -0.05) is 59.8 Å². The van der Waals surface area contributed by atoms with Gasteiger partial charge in [-0.15, -0.1) is 0 Å². The van der Waals surface area contributed by atoms with Crippen LogP contribution >= 0.6 is 0 Å². The molecular weight excluding hydrogens is 502 g/mol. The number of nitrogens with two attached hydrogens (primary N) is 1. The molecule has 4 aromatic heterocycles. The molecule has 0 aliphatic carbocycles. The summed E-state index contributed by atoms with van der Waals surface area (Å²) in [4.78, 5) is 20.0. The van der Waals surface area contributed by atoms with Crippen LogP contribution < -0.4 is 5.73 Å². The maximum absolute atomic E-state index is 5.99. The number of pyridine rings is 1. The number of rotatable bonds is 6. The van der Waals surface area contributed by atoms with Crippen molar-refractivity contribution in [2.45, 2.75) is 25.4 Å². The molecule has 6 aromatic rings. The summed E-state index contributed by atoms with van der Waals surface area (Å²) in [6, 6.07) is 21.4. The van der Waals surface area contributed by atoms with Crippen LogP contribution in [-0.4, -0.2) is 52.9 Å². The maximum Gasteiger partial charge on any atom is 0.214 e. The number of piperidine rings is 1. The summed E-state index contributed by atoms with van der Waals surface area (Å²) >= 11 is 0.